The quantitative estimate of drug-likeness (QED) is 0.904. The van der Waals surface area contributed by atoms with E-state index in [1.807, 2.05) is 12.1 Å². The Hall–Kier alpha value is -2.36. The Morgan fingerprint density at radius 2 is 1.86 bits per heavy atom. The first-order valence-corrected chi connectivity index (χ1v) is 7.81. The largest absolute Gasteiger partial charge is 0.381 e. The van der Waals surface area contributed by atoms with Crippen LogP contribution in [0.15, 0.2) is 47.4 Å². The summed E-state index contributed by atoms with van der Waals surface area (Å²) in [6.07, 6.45) is 0. The molecule has 0 fully saturated rings. The second-order valence-electron chi connectivity index (χ2n) is 4.69. The zero-order valence-electron chi connectivity index (χ0n) is 11.5. The van der Waals surface area contributed by atoms with Crippen molar-refractivity contribution in [3.8, 4) is 6.07 Å². The van der Waals surface area contributed by atoms with Gasteiger partial charge in [-0.25, -0.2) is 13.6 Å². The monoisotopic (exact) mass is 301 g/mol. The van der Waals surface area contributed by atoms with Crippen molar-refractivity contribution >= 4 is 15.7 Å². The third-order valence-electron chi connectivity index (χ3n) is 3.07. The predicted octanol–water partition coefficient (Wildman–Crippen LogP) is 2.13. The van der Waals surface area contributed by atoms with E-state index in [9.17, 15) is 8.42 Å². The summed E-state index contributed by atoms with van der Waals surface area (Å²) in [5, 5.41) is 17.0. The summed E-state index contributed by atoms with van der Waals surface area (Å²) in [6, 6.07) is 14.3. The lowest BCUT2D eigenvalue weighted by Gasteiger charge is -2.10. The molecule has 0 aromatic heterocycles. The summed E-state index contributed by atoms with van der Waals surface area (Å²) in [7, 11) is -3.72. The summed E-state index contributed by atoms with van der Waals surface area (Å²) in [5.41, 5.74) is 2.88. The molecule has 0 aliphatic carbocycles. The number of aryl methyl sites for hydroxylation is 1. The van der Waals surface area contributed by atoms with Gasteiger partial charge in [0.25, 0.3) is 0 Å². The molecule has 108 valence electrons. The Morgan fingerprint density at radius 3 is 2.43 bits per heavy atom. The molecule has 0 aliphatic heterocycles. The molecular weight excluding hydrogens is 286 g/mol. The van der Waals surface area contributed by atoms with Gasteiger partial charge in [0.1, 0.15) is 0 Å². The third kappa shape index (κ3) is 3.81. The van der Waals surface area contributed by atoms with Gasteiger partial charge < -0.3 is 5.32 Å². The maximum atomic E-state index is 11.5. The smallest absolute Gasteiger partial charge is 0.238 e. The molecule has 2 aromatic rings. The van der Waals surface area contributed by atoms with E-state index in [1.54, 1.807) is 31.2 Å². The Balaban J connectivity index is 2.15. The van der Waals surface area contributed by atoms with Gasteiger partial charge in [0.2, 0.25) is 10.0 Å². The maximum Gasteiger partial charge on any atom is 0.238 e. The van der Waals surface area contributed by atoms with Crippen molar-refractivity contribution in [2.75, 3.05) is 5.32 Å². The number of hydrogen-bond donors (Lipinski definition) is 2. The molecule has 0 heterocycles. The molecule has 0 radical (unpaired) electrons. The average molecular weight is 301 g/mol. The fraction of sp³-hybridized carbons (Fsp3) is 0.133. The van der Waals surface area contributed by atoms with Crippen molar-refractivity contribution in [1.82, 2.24) is 0 Å². The number of hydrogen-bond acceptors (Lipinski definition) is 4. The number of rotatable bonds is 4. The van der Waals surface area contributed by atoms with Crippen LogP contribution in [-0.2, 0) is 16.6 Å². The van der Waals surface area contributed by atoms with Gasteiger partial charge in [-0.3, -0.25) is 0 Å². The minimum absolute atomic E-state index is 0.118. The molecule has 21 heavy (non-hydrogen) atoms. The van der Waals surface area contributed by atoms with Crippen LogP contribution in [0.1, 0.15) is 16.7 Å². The van der Waals surface area contributed by atoms with Crippen molar-refractivity contribution < 1.29 is 8.42 Å². The highest BCUT2D eigenvalue weighted by Crippen LogP contribution is 2.19. The molecular formula is C15H15N3O2S. The van der Waals surface area contributed by atoms with E-state index in [2.05, 4.69) is 11.4 Å². The van der Waals surface area contributed by atoms with E-state index in [-0.39, 0.29) is 4.90 Å². The zero-order chi connectivity index (χ0) is 15.5. The molecule has 5 nitrogen and oxygen atoms in total. The van der Waals surface area contributed by atoms with Crippen molar-refractivity contribution in [2.24, 2.45) is 5.14 Å². The van der Waals surface area contributed by atoms with Crippen LogP contribution in [-0.4, -0.2) is 8.42 Å². The molecule has 0 atom stereocenters. The average Bonchev–Trinajstić information content (AvgIpc) is 2.45. The molecule has 0 bridgehead atoms. The number of benzene rings is 2. The van der Waals surface area contributed by atoms with Crippen molar-refractivity contribution in [1.29, 1.82) is 5.26 Å². The Labute approximate surface area is 124 Å². The summed E-state index contributed by atoms with van der Waals surface area (Å²) in [4.78, 5) is 0.118. The van der Waals surface area contributed by atoms with Crippen LogP contribution in [0, 0.1) is 18.3 Å². The van der Waals surface area contributed by atoms with Crippen molar-refractivity contribution in [3.63, 3.8) is 0 Å². The molecule has 0 unspecified atom stereocenters. The van der Waals surface area contributed by atoms with E-state index in [1.165, 1.54) is 6.07 Å². The zero-order valence-corrected chi connectivity index (χ0v) is 12.3. The van der Waals surface area contributed by atoms with Gasteiger partial charge in [-0.15, -0.1) is 0 Å². The van der Waals surface area contributed by atoms with Crippen LogP contribution in [0.2, 0.25) is 0 Å². The maximum absolute atomic E-state index is 11.5. The first-order valence-electron chi connectivity index (χ1n) is 6.26. The number of nitrogens with two attached hydrogens (primary N) is 1. The summed E-state index contributed by atoms with van der Waals surface area (Å²) in [5.74, 6) is 0. The van der Waals surface area contributed by atoms with Gasteiger partial charge in [0.15, 0.2) is 0 Å². The molecule has 3 N–H and O–H groups in total. The number of anilines is 1. The Morgan fingerprint density at radius 1 is 1.19 bits per heavy atom. The molecule has 6 heteroatoms. The third-order valence-corrected chi connectivity index (χ3v) is 4.13. The molecule has 2 rings (SSSR count). The molecule has 2 aromatic carbocycles. The van der Waals surface area contributed by atoms with E-state index < -0.39 is 10.0 Å². The Kier molecular flexibility index (Phi) is 4.26. The molecule has 0 saturated heterocycles. The number of nitrogens with zero attached hydrogens (tertiary/aromatic N) is 1. The van der Waals surface area contributed by atoms with Crippen LogP contribution in [0.25, 0.3) is 0 Å². The first-order chi connectivity index (χ1) is 9.90. The summed E-state index contributed by atoms with van der Waals surface area (Å²) < 4.78 is 22.9. The topological polar surface area (TPSA) is 96.0 Å². The van der Waals surface area contributed by atoms with Gasteiger partial charge in [0, 0.05) is 12.2 Å². The minimum atomic E-state index is -3.72. The first kappa shape index (κ1) is 15.0. The standard InChI is InChI=1S/C15H15N3O2S/c1-11-2-7-14(8-15(11)21(17,19)20)18-10-13-5-3-12(9-16)4-6-13/h2-8,18H,10H2,1H3,(H2,17,19,20). The Bertz CT molecular complexity index is 791. The SMILES string of the molecule is Cc1ccc(NCc2ccc(C#N)cc2)cc1S(N)(=O)=O. The fourth-order valence-electron chi connectivity index (χ4n) is 1.92. The lowest BCUT2D eigenvalue weighted by Crippen LogP contribution is -2.14. The molecule has 0 aliphatic rings. The van der Waals surface area contributed by atoms with Gasteiger partial charge in [-0.05, 0) is 42.3 Å². The highest BCUT2D eigenvalue weighted by molar-refractivity contribution is 7.89. The van der Waals surface area contributed by atoms with E-state index in [0.717, 1.165) is 5.56 Å². The van der Waals surface area contributed by atoms with Crippen molar-refractivity contribution in [3.05, 3.63) is 59.2 Å². The number of primary sulfonamides is 1. The summed E-state index contributed by atoms with van der Waals surface area (Å²) in [6.45, 7) is 2.23. The highest BCUT2D eigenvalue weighted by atomic mass is 32.2. The normalized spacial score (nSPS) is 10.9. The second kappa shape index (κ2) is 5.95. The molecule has 0 saturated carbocycles. The van der Waals surface area contributed by atoms with Crippen LogP contribution < -0.4 is 10.5 Å². The number of nitrogens with one attached hydrogen (secondary N) is 1. The van der Waals surface area contributed by atoms with Crippen molar-refractivity contribution in [2.45, 2.75) is 18.4 Å². The highest BCUT2D eigenvalue weighted by Gasteiger charge is 2.11. The van der Waals surface area contributed by atoms with Gasteiger partial charge >= 0.3 is 0 Å². The predicted molar refractivity (Wildman–Crippen MR) is 81.0 cm³/mol. The number of sulfonamides is 1. The van der Waals surface area contributed by atoms with Crippen LogP contribution >= 0.6 is 0 Å². The second-order valence-corrected chi connectivity index (χ2v) is 6.22. The minimum Gasteiger partial charge on any atom is -0.381 e. The van der Waals surface area contributed by atoms with Crippen LogP contribution in [0.5, 0.6) is 0 Å². The van der Waals surface area contributed by atoms with Gasteiger partial charge in [-0.2, -0.15) is 5.26 Å². The van der Waals surface area contributed by atoms with Crippen LogP contribution in [0.3, 0.4) is 0 Å². The fourth-order valence-corrected chi connectivity index (χ4v) is 2.73. The van der Waals surface area contributed by atoms with Gasteiger partial charge in [-0.1, -0.05) is 18.2 Å². The number of nitriles is 1. The van der Waals surface area contributed by atoms with Crippen LogP contribution in [0.4, 0.5) is 5.69 Å². The van der Waals surface area contributed by atoms with E-state index >= 15 is 0 Å². The molecule has 0 amide bonds. The lowest BCUT2D eigenvalue weighted by atomic mass is 10.1. The lowest BCUT2D eigenvalue weighted by molar-refractivity contribution is 0.597. The molecule has 0 spiro atoms. The summed E-state index contributed by atoms with van der Waals surface area (Å²) >= 11 is 0. The van der Waals surface area contributed by atoms with E-state index in [0.29, 0.717) is 23.4 Å². The van der Waals surface area contributed by atoms with Gasteiger partial charge in [0.05, 0.1) is 16.5 Å². The van der Waals surface area contributed by atoms with E-state index in [4.69, 9.17) is 10.4 Å².